The van der Waals surface area contributed by atoms with E-state index in [4.69, 9.17) is 11.5 Å². The van der Waals surface area contributed by atoms with Gasteiger partial charge in [0.25, 0.3) is 0 Å². The quantitative estimate of drug-likeness (QED) is 0.528. The van der Waals surface area contributed by atoms with Crippen LogP contribution in [0.3, 0.4) is 0 Å². The molecule has 0 spiro atoms. The molecule has 0 saturated carbocycles. The van der Waals surface area contributed by atoms with E-state index in [9.17, 15) is 0 Å². The fourth-order valence-corrected chi connectivity index (χ4v) is 1.66. The minimum absolute atomic E-state index is 0.0461. The Labute approximate surface area is 136 Å². The number of hydrogen-bond acceptors (Lipinski definition) is 1. The first-order valence-electron chi connectivity index (χ1n) is 8.01. The average molecular weight is 294 g/mol. The summed E-state index contributed by atoms with van der Waals surface area (Å²) in [5.41, 5.74) is 0. The van der Waals surface area contributed by atoms with Crippen LogP contribution in [0.1, 0.15) is 64.2 Å². The van der Waals surface area contributed by atoms with Gasteiger partial charge in [-0.15, -0.1) is 36.0 Å². The second-order valence-electron chi connectivity index (χ2n) is 4.74. The van der Waals surface area contributed by atoms with Gasteiger partial charge in [-0.25, -0.2) is 0 Å². The summed E-state index contributed by atoms with van der Waals surface area (Å²) in [6.45, 7) is -0.0461. The predicted molar refractivity (Wildman–Crippen MR) is 94.6 cm³/mol. The highest BCUT2D eigenvalue weighted by Gasteiger charge is 1.84. The van der Waals surface area contributed by atoms with Crippen LogP contribution in [0, 0.1) is 47.9 Å². The van der Waals surface area contributed by atoms with E-state index in [1.54, 1.807) is 6.08 Å². The zero-order chi connectivity index (χ0) is 16.1. The Morgan fingerprint density at radius 1 is 0.682 bits per heavy atom. The van der Waals surface area contributed by atoms with Crippen LogP contribution in [-0.2, 0) is 0 Å². The Morgan fingerprint density at radius 2 is 1.18 bits per heavy atom. The average Bonchev–Trinajstić information content (AvgIpc) is 2.54. The molecule has 0 aromatic heterocycles. The second-order valence-corrected chi connectivity index (χ2v) is 4.74. The first kappa shape index (κ1) is 19.9. The first-order chi connectivity index (χ1) is 10.9. The van der Waals surface area contributed by atoms with Gasteiger partial charge in [0.15, 0.2) is 0 Å². The van der Waals surface area contributed by atoms with Crippen LogP contribution in [0.2, 0.25) is 0 Å². The van der Waals surface area contributed by atoms with Gasteiger partial charge in [-0.1, -0.05) is 17.9 Å². The van der Waals surface area contributed by atoms with E-state index in [-0.39, 0.29) is 6.61 Å². The molecule has 1 nitrogen and oxygen atoms in total. The number of allylic oxidation sites excluding steroid dienone is 2. The number of terminal acetylenes is 1. The molecule has 0 unspecified atom stereocenters. The zero-order valence-electron chi connectivity index (χ0n) is 13.5. The number of aliphatic hydroxyl groups excluding tert-OH is 1. The summed E-state index contributed by atoms with van der Waals surface area (Å²) in [5, 5.41) is 8.48. The number of rotatable bonds is 8. The number of aliphatic hydroxyl groups is 1. The molecule has 0 bridgehead atoms. The Balaban J connectivity index is 3.35. The molecule has 22 heavy (non-hydrogen) atoms. The monoisotopic (exact) mass is 294 g/mol. The van der Waals surface area contributed by atoms with Crippen molar-refractivity contribution in [3.8, 4) is 47.9 Å². The van der Waals surface area contributed by atoms with E-state index >= 15 is 0 Å². The summed E-state index contributed by atoms with van der Waals surface area (Å²) in [6, 6.07) is 0. The van der Waals surface area contributed by atoms with Crippen molar-refractivity contribution in [1.82, 2.24) is 0 Å². The molecule has 0 aliphatic heterocycles. The third-order valence-electron chi connectivity index (χ3n) is 2.80. The van der Waals surface area contributed by atoms with Crippen LogP contribution in [0.15, 0.2) is 12.2 Å². The van der Waals surface area contributed by atoms with Gasteiger partial charge in [-0.05, 0) is 38.2 Å². The van der Waals surface area contributed by atoms with E-state index in [2.05, 4.69) is 41.4 Å². The van der Waals surface area contributed by atoms with Gasteiger partial charge >= 0.3 is 0 Å². The lowest BCUT2D eigenvalue weighted by Gasteiger charge is -1.90. The molecule has 0 aromatic carbocycles. The van der Waals surface area contributed by atoms with Crippen molar-refractivity contribution in [3.05, 3.63) is 12.2 Å². The van der Waals surface area contributed by atoms with Crippen LogP contribution in [0.4, 0.5) is 0 Å². The van der Waals surface area contributed by atoms with Gasteiger partial charge in [0.05, 0.1) is 0 Å². The molecule has 0 heterocycles. The Bertz CT molecular complexity index is 500. The van der Waals surface area contributed by atoms with E-state index in [0.717, 1.165) is 64.2 Å². The summed E-state index contributed by atoms with van der Waals surface area (Å²) in [4.78, 5) is 0. The molecule has 1 heteroatoms. The Morgan fingerprint density at radius 3 is 1.68 bits per heavy atom. The summed E-state index contributed by atoms with van der Waals surface area (Å²) < 4.78 is 0. The molecule has 0 saturated heterocycles. The van der Waals surface area contributed by atoms with Gasteiger partial charge in [0, 0.05) is 32.1 Å². The normalized spacial score (nSPS) is 8.91. The molecule has 0 aromatic rings. The summed E-state index contributed by atoms with van der Waals surface area (Å²) in [6.07, 6.45) is 18.8. The van der Waals surface area contributed by atoms with Crippen LogP contribution >= 0.6 is 0 Å². The third-order valence-corrected chi connectivity index (χ3v) is 2.80. The van der Waals surface area contributed by atoms with Crippen molar-refractivity contribution in [2.45, 2.75) is 64.2 Å². The van der Waals surface area contributed by atoms with Crippen molar-refractivity contribution in [2.75, 3.05) is 6.61 Å². The summed E-state index contributed by atoms with van der Waals surface area (Å²) in [7, 11) is 0. The maximum absolute atomic E-state index is 8.48. The third kappa shape index (κ3) is 17.9. The van der Waals surface area contributed by atoms with Crippen molar-refractivity contribution in [1.29, 1.82) is 0 Å². The van der Waals surface area contributed by atoms with Crippen molar-refractivity contribution >= 4 is 0 Å². The molecular formula is C21H26O. The number of hydrogen-bond donors (Lipinski definition) is 1. The minimum Gasteiger partial charge on any atom is -0.384 e. The molecule has 1 N–H and O–H groups in total. The van der Waals surface area contributed by atoms with Gasteiger partial charge in [-0.2, -0.15) is 0 Å². The highest BCUT2D eigenvalue weighted by molar-refractivity contribution is 5.08. The molecule has 0 rings (SSSR count). The fourth-order valence-electron chi connectivity index (χ4n) is 1.66. The lowest BCUT2D eigenvalue weighted by atomic mass is 10.2. The van der Waals surface area contributed by atoms with E-state index < -0.39 is 0 Å². The molecule has 0 aliphatic rings. The highest BCUT2D eigenvalue weighted by Crippen LogP contribution is 2.00. The van der Waals surface area contributed by atoms with Crippen molar-refractivity contribution < 1.29 is 5.11 Å². The maximum Gasteiger partial charge on any atom is 0.104 e. The minimum atomic E-state index is -0.0461. The van der Waals surface area contributed by atoms with E-state index in [0.29, 0.717) is 0 Å². The molecule has 0 radical (unpaired) electrons. The van der Waals surface area contributed by atoms with Gasteiger partial charge < -0.3 is 5.11 Å². The van der Waals surface area contributed by atoms with Crippen LogP contribution in [0.5, 0.6) is 0 Å². The van der Waals surface area contributed by atoms with Gasteiger partial charge in [0.2, 0.25) is 0 Å². The zero-order valence-corrected chi connectivity index (χ0v) is 13.5. The SMILES string of the molecule is C#C/C=C\CCCCC#CCCCC#CCCCC#CCO. The highest BCUT2D eigenvalue weighted by atomic mass is 16.2. The van der Waals surface area contributed by atoms with Crippen molar-refractivity contribution in [3.63, 3.8) is 0 Å². The lowest BCUT2D eigenvalue weighted by molar-refractivity contribution is 0.350. The standard InChI is InChI=1S/C21H26O/c1-2-3-4-5-6-7-8-9-10-11-12-13-14-15-16-17-18-19-20-21-22/h1,3-4,22H,5-8,11-13,16-18,21H2/b4-3-. The number of unbranched alkanes of at least 4 members (excludes halogenated alkanes) is 7. The van der Waals surface area contributed by atoms with Crippen LogP contribution in [0.25, 0.3) is 0 Å². The first-order valence-corrected chi connectivity index (χ1v) is 8.01. The second kappa shape index (κ2) is 18.9. The largest absolute Gasteiger partial charge is 0.384 e. The molecule has 0 amide bonds. The molecule has 0 atom stereocenters. The molecule has 0 aliphatic carbocycles. The van der Waals surface area contributed by atoms with Crippen LogP contribution in [-0.4, -0.2) is 11.7 Å². The topological polar surface area (TPSA) is 20.2 Å². The summed E-state index contributed by atoms with van der Waals surface area (Å²) >= 11 is 0. The van der Waals surface area contributed by atoms with E-state index in [1.165, 1.54) is 0 Å². The summed E-state index contributed by atoms with van der Waals surface area (Å²) in [5.74, 6) is 20.7. The predicted octanol–water partition coefficient (Wildman–Crippen LogP) is 4.08. The van der Waals surface area contributed by atoms with Crippen molar-refractivity contribution in [2.24, 2.45) is 0 Å². The van der Waals surface area contributed by atoms with E-state index in [1.807, 2.05) is 6.08 Å². The smallest absolute Gasteiger partial charge is 0.104 e. The Hall–Kier alpha value is -2.06. The van der Waals surface area contributed by atoms with Gasteiger partial charge in [-0.3, -0.25) is 0 Å². The van der Waals surface area contributed by atoms with Gasteiger partial charge in [0.1, 0.15) is 6.61 Å². The lowest BCUT2D eigenvalue weighted by Crippen LogP contribution is -1.75. The molecule has 0 fully saturated rings. The Kier molecular flexibility index (Phi) is 17.2. The van der Waals surface area contributed by atoms with Crippen LogP contribution < -0.4 is 0 Å². The fraction of sp³-hybridized carbons (Fsp3) is 0.524. The maximum atomic E-state index is 8.48. The molecule has 116 valence electrons. The molecular weight excluding hydrogens is 268 g/mol.